The van der Waals surface area contributed by atoms with Crippen LogP contribution < -0.4 is 0 Å². The van der Waals surface area contributed by atoms with Crippen LogP contribution in [-0.2, 0) is 0 Å². The van der Waals surface area contributed by atoms with Gasteiger partial charge in [0.15, 0.2) is 17.5 Å². The van der Waals surface area contributed by atoms with Gasteiger partial charge < -0.3 is 0 Å². The van der Waals surface area contributed by atoms with Crippen LogP contribution in [0.1, 0.15) is 0 Å². The molecule has 0 aliphatic carbocycles. The predicted octanol–water partition coefficient (Wildman–Crippen LogP) is 14.0. The standard InChI is InChI=1S/C50H30N4S2/c1-4-15-32(16-5-1)44-47-43(38-22-10-12-25-40(38)51-44)42(46(56-47)39-24-14-23-37-36-21-11-13-26-41(36)55-45(37)39)31-27-29-35(30-28-31)50-53-48(33-17-6-2-7-18-33)52-49(54-50)34-19-8-3-9-20-34/h1-30H. The van der Waals surface area contributed by atoms with Gasteiger partial charge in [0.1, 0.15) is 0 Å². The van der Waals surface area contributed by atoms with E-state index in [-0.39, 0.29) is 0 Å². The number of hydrogen-bond acceptors (Lipinski definition) is 6. The maximum absolute atomic E-state index is 5.32. The van der Waals surface area contributed by atoms with Gasteiger partial charge in [-0.15, -0.1) is 22.7 Å². The average Bonchev–Trinajstić information content (AvgIpc) is 3.87. The molecule has 11 rings (SSSR count). The highest BCUT2D eigenvalue weighted by atomic mass is 32.1. The summed E-state index contributed by atoms with van der Waals surface area (Å²) in [5, 5.41) is 4.94. The lowest BCUT2D eigenvalue weighted by Gasteiger charge is -2.11. The molecule has 0 radical (unpaired) electrons. The summed E-state index contributed by atoms with van der Waals surface area (Å²) in [6, 6.07) is 63.6. The van der Waals surface area contributed by atoms with Crippen LogP contribution in [0.2, 0.25) is 0 Å². The monoisotopic (exact) mass is 750 g/mol. The quantitative estimate of drug-likeness (QED) is 0.170. The Labute approximate surface area is 331 Å². The number of rotatable bonds is 6. The second kappa shape index (κ2) is 13.5. The van der Waals surface area contributed by atoms with Gasteiger partial charge in [-0.05, 0) is 17.7 Å². The van der Waals surface area contributed by atoms with E-state index < -0.39 is 0 Å². The van der Waals surface area contributed by atoms with Gasteiger partial charge in [0.25, 0.3) is 0 Å². The third-order valence-corrected chi connectivity index (χ3v) is 12.8. The zero-order valence-electron chi connectivity index (χ0n) is 29.9. The van der Waals surface area contributed by atoms with Gasteiger partial charge in [0.2, 0.25) is 0 Å². The smallest absolute Gasteiger partial charge is 0.164 e. The number of benzene rings is 7. The first kappa shape index (κ1) is 32.6. The highest BCUT2D eigenvalue weighted by Gasteiger charge is 2.24. The molecule has 0 fully saturated rings. The summed E-state index contributed by atoms with van der Waals surface area (Å²) in [5.41, 5.74) is 9.49. The van der Waals surface area contributed by atoms with Crippen LogP contribution in [0.25, 0.3) is 108 Å². The largest absolute Gasteiger partial charge is 0.246 e. The fourth-order valence-electron chi connectivity index (χ4n) is 7.72. The lowest BCUT2D eigenvalue weighted by atomic mass is 9.94. The van der Waals surface area contributed by atoms with Gasteiger partial charge in [0.05, 0.1) is 15.9 Å². The van der Waals surface area contributed by atoms with Crippen molar-refractivity contribution in [1.82, 2.24) is 19.9 Å². The van der Waals surface area contributed by atoms with Crippen molar-refractivity contribution in [2.75, 3.05) is 0 Å². The SMILES string of the molecule is c1ccc(-c2nc(-c3ccccc3)nc(-c3ccc(-c4c(-c5cccc6c5sc5ccccc56)sc5c(-c6ccccc6)nc6ccccc6c45)cc3)n2)cc1. The Morgan fingerprint density at radius 1 is 0.339 bits per heavy atom. The summed E-state index contributed by atoms with van der Waals surface area (Å²) in [4.78, 5) is 21.5. The van der Waals surface area contributed by atoms with Crippen LogP contribution in [0.15, 0.2) is 182 Å². The number of para-hydroxylation sites is 1. The molecular weight excluding hydrogens is 721 g/mol. The highest BCUT2D eigenvalue weighted by molar-refractivity contribution is 7.27. The third kappa shape index (κ3) is 5.50. The molecular formula is C50H30N4S2. The van der Waals surface area contributed by atoms with Crippen LogP contribution >= 0.6 is 22.7 Å². The molecule has 0 amide bonds. The Morgan fingerprint density at radius 2 is 0.857 bits per heavy atom. The van der Waals surface area contributed by atoms with Crippen molar-refractivity contribution in [1.29, 1.82) is 0 Å². The number of nitrogens with zero attached hydrogens (tertiary/aromatic N) is 4. The van der Waals surface area contributed by atoms with E-state index >= 15 is 0 Å². The van der Waals surface area contributed by atoms with E-state index in [4.69, 9.17) is 19.9 Å². The second-order valence-electron chi connectivity index (χ2n) is 13.8. The minimum Gasteiger partial charge on any atom is -0.246 e. The minimum absolute atomic E-state index is 0.635. The maximum Gasteiger partial charge on any atom is 0.164 e. The van der Waals surface area contributed by atoms with Crippen molar-refractivity contribution in [3.05, 3.63) is 182 Å². The molecule has 56 heavy (non-hydrogen) atoms. The van der Waals surface area contributed by atoms with Gasteiger partial charge >= 0.3 is 0 Å². The van der Waals surface area contributed by atoms with Gasteiger partial charge in [-0.2, -0.15) is 0 Å². The molecule has 11 aromatic rings. The summed E-state index contributed by atoms with van der Waals surface area (Å²) >= 11 is 3.71. The van der Waals surface area contributed by atoms with E-state index in [1.54, 1.807) is 0 Å². The van der Waals surface area contributed by atoms with E-state index in [2.05, 4.69) is 121 Å². The third-order valence-electron chi connectivity index (χ3n) is 10.4. The number of aromatic nitrogens is 4. The minimum atomic E-state index is 0.635. The Balaban J connectivity index is 1.16. The number of hydrogen-bond donors (Lipinski definition) is 0. The Morgan fingerprint density at radius 3 is 1.52 bits per heavy atom. The van der Waals surface area contributed by atoms with Crippen molar-refractivity contribution in [3.63, 3.8) is 0 Å². The van der Waals surface area contributed by atoms with E-state index in [0.29, 0.717) is 17.5 Å². The van der Waals surface area contributed by atoms with Crippen molar-refractivity contribution in [3.8, 4) is 67.0 Å². The normalized spacial score (nSPS) is 11.6. The Bertz CT molecular complexity index is 3170. The van der Waals surface area contributed by atoms with Gasteiger partial charge in [-0.25, -0.2) is 19.9 Å². The lowest BCUT2D eigenvalue weighted by molar-refractivity contribution is 1.07. The average molecular weight is 751 g/mol. The van der Waals surface area contributed by atoms with E-state index in [0.717, 1.165) is 44.4 Å². The summed E-state index contributed by atoms with van der Waals surface area (Å²) in [6.45, 7) is 0. The molecule has 0 spiro atoms. The van der Waals surface area contributed by atoms with E-state index in [9.17, 15) is 0 Å². The van der Waals surface area contributed by atoms with Crippen LogP contribution in [0.4, 0.5) is 0 Å². The first-order valence-electron chi connectivity index (χ1n) is 18.6. The molecule has 7 aromatic carbocycles. The molecule has 0 bridgehead atoms. The zero-order chi connectivity index (χ0) is 37.0. The van der Waals surface area contributed by atoms with Gasteiger partial charge in [0, 0.05) is 69.2 Å². The molecule has 0 saturated heterocycles. The Hall–Kier alpha value is -6.86. The maximum atomic E-state index is 5.32. The summed E-state index contributed by atoms with van der Waals surface area (Å²) in [6.07, 6.45) is 0. The molecule has 0 unspecified atom stereocenters. The molecule has 4 aromatic heterocycles. The van der Waals surface area contributed by atoms with Crippen molar-refractivity contribution < 1.29 is 0 Å². The molecule has 262 valence electrons. The number of thiophene rings is 2. The Kier molecular flexibility index (Phi) is 7.83. The van der Waals surface area contributed by atoms with E-state index in [1.165, 1.54) is 46.3 Å². The highest BCUT2D eigenvalue weighted by Crippen LogP contribution is 2.52. The summed E-state index contributed by atoms with van der Waals surface area (Å²) < 4.78 is 3.77. The first-order chi connectivity index (χ1) is 27.8. The van der Waals surface area contributed by atoms with Crippen LogP contribution in [0.5, 0.6) is 0 Å². The molecule has 4 nitrogen and oxygen atoms in total. The summed E-state index contributed by atoms with van der Waals surface area (Å²) in [5.74, 6) is 1.93. The van der Waals surface area contributed by atoms with E-state index in [1.807, 2.05) is 83.3 Å². The first-order valence-corrected chi connectivity index (χ1v) is 20.2. The fraction of sp³-hybridized carbons (Fsp3) is 0. The fourth-order valence-corrected chi connectivity index (χ4v) is 10.4. The van der Waals surface area contributed by atoms with Crippen LogP contribution in [-0.4, -0.2) is 19.9 Å². The zero-order valence-corrected chi connectivity index (χ0v) is 31.6. The molecule has 0 saturated carbocycles. The molecule has 0 atom stereocenters. The van der Waals surface area contributed by atoms with Gasteiger partial charge in [-0.1, -0.05) is 170 Å². The van der Waals surface area contributed by atoms with Crippen molar-refractivity contribution >= 4 is 63.8 Å². The molecule has 0 N–H and O–H groups in total. The lowest BCUT2D eigenvalue weighted by Crippen LogP contribution is -2.00. The number of fused-ring (bicyclic) bond motifs is 6. The van der Waals surface area contributed by atoms with Crippen LogP contribution in [0.3, 0.4) is 0 Å². The van der Waals surface area contributed by atoms with Crippen molar-refractivity contribution in [2.24, 2.45) is 0 Å². The molecule has 0 aliphatic rings. The van der Waals surface area contributed by atoms with Gasteiger partial charge in [-0.3, -0.25) is 0 Å². The molecule has 6 heteroatoms. The van der Waals surface area contributed by atoms with Crippen LogP contribution in [0, 0.1) is 0 Å². The second-order valence-corrected chi connectivity index (χ2v) is 15.8. The number of pyridine rings is 1. The predicted molar refractivity (Wildman–Crippen MR) is 236 cm³/mol. The summed E-state index contributed by atoms with van der Waals surface area (Å²) in [7, 11) is 0. The molecule has 4 heterocycles. The molecule has 0 aliphatic heterocycles. The van der Waals surface area contributed by atoms with Crippen molar-refractivity contribution in [2.45, 2.75) is 0 Å². The topological polar surface area (TPSA) is 51.6 Å².